The lowest BCUT2D eigenvalue weighted by Gasteiger charge is -2.27. The maximum atomic E-state index is 11.1. The third-order valence-corrected chi connectivity index (χ3v) is 2.75. The first-order chi connectivity index (χ1) is 4.42. The molecular formula is C9H18O. The van der Waals surface area contributed by atoms with Crippen LogP contribution in [0, 0.1) is 11.3 Å². The summed E-state index contributed by atoms with van der Waals surface area (Å²) < 4.78 is 0. The monoisotopic (exact) mass is 142 g/mol. The molecule has 0 aliphatic heterocycles. The maximum absolute atomic E-state index is 11.1. The summed E-state index contributed by atoms with van der Waals surface area (Å²) in [4.78, 5) is 11.1. The highest BCUT2D eigenvalue weighted by Gasteiger charge is 2.28. The lowest BCUT2D eigenvalue weighted by Crippen LogP contribution is -2.28. The van der Waals surface area contributed by atoms with Gasteiger partial charge in [0.1, 0.15) is 5.78 Å². The Labute approximate surface area is 63.8 Å². The summed E-state index contributed by atoms with van der Waals surface area (Å²) >= 11 is 0. The van der Waals surface area contributed by atoms with Crippen LogP contribution in [0.5, 0.6) is 0 Å². The van der Waals surface area contributed by atoms with Gasteiger partial charge >= 0.3 is 0 Å². The number of hydrogen-bond donors (Lipinski definition) is 0. The van der Waals surface area contributed by atoms with Crippen molar-refractivity contribution in [3.8, 4) is 0 Å². The fraction of sp³-hybridized carbons (Fsp3) is 0.889. The Morgan fingerprint density at radius 2 is 1.90 bits per heavy atom. The quantitative estimate of drug-likeness (QED) is 0.592. The van der Waals surface area contributed by atoms with Gasteiger partial charge < -0.3 is 0 Å². The minimum absolute atomic E-state index is 0.130. The minimum Gasteiger partial charge on any atom is -0.299 e. The van der Waals surface area contributed by atoms with E-state index in [4.69, 9.17) is 0 Å². The van der Waals surface area contributed by atoms with E-state index in [2.05, 4.69) is 13.8 Å². The number of Topliss-reactive ketones (excluding diaryl/α,β-unsaturated/α-hetero) is 1. The summed E-state index contributed by atoms with van der Waals surface area (Å²) in [6.45, 7) is 9.95. The van der Waals surface area contributed by atoms with E-state index in [-0.39, 0.29) is 5.41 Å². The fourth-order valence-corrected chi connectivity index (χ4v) is 0.857. The topological polar surface area (TPSA) is 17.1 Å². The molecule has 0 aromatic carbocycles. The second kappa shape index (κ2) is 3.18. The molecule has 0 aromatic rings. The van der Waals surface area contributed by atoms with E-state index in [1.165, 1.54) is 0 Å². The Morgan fingerprint density at radius 3 is 2.00 bits per heavy atom. The van der Waals surface area contributed by atoms with Crippen LogP contribution >= 0.6 is 0 Å². The average Bonchev–Trinajstić information content (AvgIpc) is 1.86. The summed E-state index contributed by atoms with van der Waals surface area (Å²) in [5.74, 6) is 0.784. The van der Waals surface area contributed by atoms with E-state index in [0.29, 0.717) is 11.7 Å². The smallest absolute Gasteiger partial charge is 0.135 e. The van der Waals surface area contributed by atoms with Gasteiger partial charge in [0.15, 0.2) is 0 Å². The summed E-state index contributed by atoms with van der Waals surface area (Å²) in [7, 11) is 0. The Balaban J connectivity index is 4.23. The van der Waals surface area contributed by atoms with Gasteiger partial charge in [-0.3, -0.25) is 4.79 Å². The van der Waals surface area contributed by atoms with E-state index >= 15 is 0 Å². The average molecular weight is 142 g/mol. The second-order valence-electron chi connectivity index (χ2n) is 3.59. The third kappa shape index (κ3) is 1.83. The summed E-state index contributed by atoms with van der Waals surface area (Å²) in [5.41, 5.74) is -0.130. The van der Waals surface area contributed by atoms with Crippen molar-refractivity contribution < 1.29 is 4.79 Å². The fourth-order valence-electron chi connectivity index (χ4n) is 0.857. The molecule has 0 radical (unpaired) electrons. The highest BCUT2D eigenvalue weighted by Crippen LogP contribution is 2.29. The highest BCUT2D eigenvalue weighted by atomic mass is 16.1. The van der Waals surface area contributed by atoms with Crippen molar-refractivity contribution in [2.45, 2.75) is 41.0 Å². The Hall–Kier alpha value is -0.330. The molecule has 1 heteroatoms. The molecule has 0 heterocycles. The first kappa shape index (κ1) is 9.67. The molecule has 60 valence electrons. The molecule has 0 aliphatic rings. The van der Waals surface area contributed by atoms with Crippen LogP contribution in [0.15, 0.2) is 0 Å². The van der Waals surface area contributed by atoms with Crippen LogP contribution in [0.25, 0.3) is 0 Å². The largest absolute Gasteiger partial charge is 0.299 e. The van der Waals surface area contributed by atoms with Crippen LogP contribution in [0.3, 0.4) is 0 Å². The predicted molar refractivity (Wildman–Crippen MR) is 43.9 cm³/mol. The molecule has 0 rings (SSSR count). The lowest BCUT2D eigenvalue weighted by molar-refractivity contribution is -0.127. The molecule has 10 heavy (non-hydrogen) atoms. The van der Waals surface area contributed by atoms with Crippen LogP contribution in [0.2, 0.25) is 0 Å². The van der Waals surface area contributed by atoms with Gasteiger partial charge in [-0.25, -0.2) is 0 Å². The van der Waals surface area contributed by atoms with Crippen molar-refractivity contribution >= 4 is 5.78 Å². The molecule has 1 nitrogen and oxygen atoms in total. The molecule has 0 bridgehead atoms. The summed E-state index contributed by atoms with van der Waals surface area (Å²) in [6.07, 6.45) is 1.08. The first-order valence-corrected chi connectivity index (χ1v) is 3.94. The lowest BCUT2D eigenvalue weighted by atomic mass is 9.76. The van der Waals surface area contributed by atoms with Gasteiger partial charge in [0, 0.05) is 5.41 Å². The van der Waals surface area contributed by atoms with Gasteiger partial charge in [-0.05, 0) is 12.8 Å². The number of carbonyl (C=O) groups excluding carboxylic acids is 1. The van der Waals surface area contributed by atoms with E-state index in [1.807, 2.05) is 13.8 Å². The molecule has 0 saturated carbocycles. The van der Waals surface area contributed by atoms with Crippen LogP contribution in [0.4, 0.5) is 0 Å². The van der Waals surface area contributed by atoms with Gasteiger partial charge in [0.25, 0.3) is 0 Å². The Bertz CT molecular complexity index is 125. The van der Waals surface area contributed by atoms with E-state index in [1.54, 1.807) is 6.92 Å². The summed E-state index contributed by atoms with van der Waals surface area (Å²) in [6, 6.07) is 0. The van der Waals surface area contributed by atoms with E-state index in [9.17, 15) is 4.79 Å². The molecule has 0 aliphatic carbocycles. The van der Waals surface area contributed by atoms with Crippen molar-refractivity contribution in [1.29, 1.82) is 0 Å². The van der Waals surface area contributed by atoms with Crippen molar-refractivity contribution in [1.82, 2.24) is 0 Å². The van der Waals surface area contributed by atoms with Crippen molar-refractivity contribution in [3.63, 3.8) is 0 Å². The van der Waals surface area contributed by atoms with Gasteiger partial charge in [-0.15, -0.1) is 0 Å². The number of ketones is 1. The first-order valence-electron chi connectivity index (χ1n) is 3.94. The number of rotatable bonds is 3. The number of carbonyl (C=O) groups is 1. The summed E-state index contributed by atoms with van der Waals surface area (Å²) in [5, 5.41) is 0. The molecule has 0 amide bonds. The van der Waals surface area contributed by atoms with Crippen molar-refractivity contribution in [3.05, 3.63) is 0 Å². The maximum Gasteiger partial charge on any atom is 0.135 e. The highest BCUT2D eigenvalue weighted by molar-refractivity contribution is 5.81. The predicted octanol–water partition coefficient (Wildman–Crippen LogP) is 2.65. The molecular weight excluding hydrogens is 124 g/mol. The van der Waals surface area contributed by atoms with E-state index < -0.39 is 0 Å². The molecule has 0 spiro atoms. The standard InChI is InChI=1S/C9H18O/c1-6-7(2)9(4,5)8(3)10/h7H,6H2,1-5H3/t7-/m1/s1. The number of hydrogen-bond acceptors (Lipinski definition) is 1. The van der Waals surface area contributed by atoms with Gasteiger partial charge in [-0.1, -0.05) is 34.1 Å². The zero-order valence-corrected chi connectivity index (χ0v) is 7.69. The van der Waals surface area contributed by atoms with Crippen LogP contribution in [-0.4, -0.2) is 5.78 Å². The SMILES string of the molecule is CC[C@@H](C)C(C)(C)C(C)=O. The van der Waals surface area contributed by atoms with Gasteiger partial charge in [0.05, 0.1) is 0 Å². The van der Waals surface area contributed by atoms with Crippen molar-refractivity contribution in [2.75, 3.05) is 0 Å². The molecule has 0 unspecified atom stereocenters. The van der Waals surface area contributed by atoms with Gasteiger partial charge in [0.2, 0.25) is 0 Å². The Kier molecular flexibility index (Phi) is 3.07. The Morgan fingerprint density at radius 1 is 1.50 bits per heavy atom. The zero-order chi connectivity index (χ0) is 8.36. The molecule has 0 aromatic heterocycles. The van der Waals surface area contributed by atoms with Crippen LogP contribution in [0.1, 0.15) is 41.0 Å². The van der Waals surface area contributed by atoms with E-state index in [0.717, 1.165) is 6.42 Å². The molecule has 0 fully saturated rings. The normalized spacial score (nSPS) is 14.9. The molecule has 0 N–H and O–H groups in total. The second-order valence-corrected chi connectivity index (χ2v) is 3.59. The molecule has 1 atom stereocenters. The minimum atomic E-state index is -0.130. The third-order valence-electron chi connectivity index (χ3n) is 2.75. The zero-order valence-electron chi connectivity index (χ0n) is 7.69. The van der Waals surface area contributed by atoms with Crippen LogP contribution < -0.4 is 0 Å². The van der Waals surface area contributed by atoms with Crippen molar-refractivity contribution in [2.24, 2.45) is 11.3 Å². The van der Waals surface area contributed by atoms with Crippen LogP contribution in [-0.2, 0) is 4.79 Å². The van der Waals surface area contributed by atoms with Gasteiger partial charge in [-0.2, -0.15) is 0 Å². The molecule has 0 saturated heterocycles.